The summed E-state index contributed by atoms with van der Waals surface area (Å²) in [6.45, 7) is 5.23. The molecule has 0 aromatic heterocycles. The molecule has 0 unspecified atom stereocenters. The monoisotopic (exact) mass is 153 g/mol. The van der Waals surface area contributed by atoms with E-state index in [1.165, 1.54) is 12.8 Å². The van der Waals surface area contributed by atoms with Gasteiger partial charge in [-0.25, -0.2) is 4.99 Å². The van der Waals surface area contributed by atoms with Crippen LogP contribution in [0.5, 0.6) is 0 Å². The van der Waals surface area contributed by atoms with Gasteiger partial charge in [-0.05, 0) is 18.8 Å². The van der Waals surface area contributed by atoms with Crippen molar-refractivity contribution in [2.24, 2.45) is 16.8 Å². The number of nitrogens with zero attached hydrogens (tertiary/aromatic N) is 1. The smallest absolute Gasteiger partial charge is 0.186 e. The zero-order valence-electron chi connectivity index (χ0n) is 7.21. The van der Waals surface area contributed by atoms with Crippen LogP contribution in [0.3, 0.4) is 0 Å². The molecule has 0 N–H and O–H groups in total. The third kappa shape index (κ3) is 1.39. The number of rotatable bonds is 2. The Balaban J connectivity index is 1.97. The molecule has 0 amide bonds. The van der Waals surface area contributed by atoms with Gasteiger partial charge in [0.25, 0.3) is 0 Å². The summed E-state index contributed by atoms with van der Waals surface area (Å²) in [6, 6.07) is 0.436. The number of hydrogen-bond donors (Lipinski definition) is 0. The van der Waals surface area contributed by atoms with E-state index < -0.39 is 0 Å². The molecule has 1 atom stereocenters. The fourth-order valence-corrected chi connectivity index (χ4v) is 1.30. The molecule has 1 aliphatic heterocycles. The van der Waals surface area contributed by atoms with E-state index >= 15 is 0 Å². The third-order valence-electron chi connectivity index (χ3n) is 2.39. The molecule has 1 heterocycles. The van der Waals surface area contributed by atoms with Crippen molar-refractivity contribution < 1.29 is 4.74 Å². The molecule has 11 heavy (non-hydrogen) atoms. The second kappa shape index (κ2) is 2.50. The van der Waals surface area contributed by atoms with E-state index in [-0.39, 0.29) is 0 Å². The van der Waals surface area contributed by atoms with E-state index in [4.69, 9.17) is 4.74 Å². The van der Waals surface area contributed by atoms with Crippen LogP contribution in [0.4, 0.5) is 0 Å². The molecular formula is C9H15NO. The molecule has 62 valence electrons. The summed E-state index contributed by atoms with van der Waals surface area (Å²) in [5.41, 5.74) is 0. The van der Waals surface area contributed by atoms with Gasteiger partial charge in [-0.1, -0.05) is 13.8 Å². The van der Waals surface area contributed by atoms with Crippen LogP contribution in [0.15, 0.2) is 4.99 Å². The van der Waals surface area contributed by atoms with Crippen molar-refractivity contribution in [1.82, 2.24) is 0 Å². The van der Waals surface area contributed by atoms with Gasteiger partial charge in [-0.15, -0.1) is 0 Å². The average Bonchev–Trinajstić information content (AvgIpc) is 2.68. The minimum Gasteiger partial charge on any atom is -0.478 e. The van der Waals surface area contributed by atoms with Crippen molar-refractivity contribution in [2.45, 2.75) is 32.7 Å². The maximum Gasteiger partial charge on any atom is 0.186 e. The quantitative estimate of drug-likeness (QED) is 0.593. The molecule has 2 nitrogen and oxygen atoms in total. The summed E-state index contributed by atoms with van der Waals surface area (Å²) in [6.07, 6.45) is 2.59. The highest BCUT2D eigenvalue weighted by Crippen LogP contribution is 2.33. The minimum absolute atomic E-state index is 0.436. The lowest BCUT2D eigenvalue weighted by Crippen LogP contribution is -2.13. The highest BCUT2D eigenvalue weighted by molar-refractivity contribution is 5.82. The van der Waals surface area contributed by atoms with E-state index in [2.05, 4.69) is 18.8 Å². The first kappa shape index (κ1) is 7.14. The van der Waals surface area contributed by atoms with Crippen LogP contribution in [-0.2, 0) is 4.74 Å². The van der Waals surface area contributed by atoms with Crippen molar-refractivity contribution in [3.8, 4) is 0 Å². The van der Waals surface area contributed by atoms with E-state index in [0.717, 1.165) is 12.5 Å². The van der Waals surface area contributed by atoms with Crippen molar-refractivity contribution in [3.63, 3.8) is 0 Å². The largest absolute Gasteiger partial charge is 0.478 e. The second-order valence-corrected chi connectivity index (χ2v) is 3.86. The summed E-state index contributed by atoms with van der Waals surface area (Å²) in [5.74, 6) is 2.37. The Morgan fingerprint density at radius 2 is 2.18 bits per heavy atom. The predicted octanol–water partition coefficient (Wildman–Crippen LogP) is 1.85. The van der Waals surface area contributed by atoms with Gasteiger partial charge < -0.3 is 4.74 Å². The highest BCUT2D eigenvalue weighted by Gasteiger charge is 2.34. The average molecular weight is 153 g/mol. The lowest BCUT2D eigenvalue weighted by molar-refractivity contribution is 0.284. The SMILES string of the molecule is CC(C)[C@H]1COC(C2CC2)=N1. The Morgan fingerprint density at radius 1 is 1.45 bits per heavy atom. The number of aliphatic imine (C=N–C) groups is 1. The van der Waals surface area contributed by atoms with Crippen LogP contribution in [0.1, 0.15) is 26.7 Å². The Kier molecular flexibility index (Phi) is 1.63. The molecule has 1 saturated carbocycles. The molecule has 0 aromatic rings. The van der Waals surface area contributed by atoms with Gasteiger partial charge in [0.1, 0.15) is 6.61 Å². The molecule has 0 saturated heterocycles. The van der Waals surface area contributed by atoms with Crippen LogP contribution < -0.4 is 0 Å². The van der Waals surface area contributed by atoms with Crippen molar-refractivity contribution >= 4 is 5.90 Å². The number of hydrogen-bond acceptors (Lipinski definition) is 2. The minimum atomic E-state index is 0.436. The van der Waals surface area contributed by atoms with Gasteiger partial charge in [0, 0.05) is 5.92 Å². The van der Waals surface area contributed by atoms with Crippen LogP contribution >= 0.6 is 0 Å². The number of ether oxygens (including phenoxy) is 1. The van der Waals surface area contributed by atoms with E-state index in [1.54, 1.807) is 0 Å². The molecule has 2 heteroatoms. The summed E-state index contributed by atoms with van der Waals surface area (Å²) >= 11 is 0. The van der Waals surface area contributed by atoms with Crippen molar-refractivity contribution in [1.29, 1.82) is 0 Å². The topological polar surface area (TPSA) is 21.6 Å². The zero-order valence-corrected chi connectivity index (χ0v) is 7.21. The second-order valence-electron chi connectivity index (χ2n) is 3.86. The van der Waals surface area contributed by atoms with Crippen LogP contribution in [0, 0.1) is 11.8 Å². The molecule has 0 spiro atoms. The Bertz CT molecular complexity index is 182. The molecule has 0 radical (unpaired) electrons. The molecule has 2 aliphatic rings. The highest BCUT2D eigenvalue weighted by atomic mass is 16.5. The Morgan fingerprint density at radius 3 is 2.64 bits per heavy atom. The first-order chi connectivity index (χ1) is 5.27. The van der Waals surface area contributed by atoms with Crippen LogP contribution in [0.25, 0.3) is 0 Å². The lowest BCUT2D eigenvalue weighted by Gasteiger charge is -2.06. The maximum atomic E-state index is 5.50. The normalized spacial score (nSPS) is 30.5. The standard InChI is InChI=1S/C9H15NO/c1-6(2)8-5-11-9(10-8)7-3-4-7/h6-8H,3-5H2,1-2H3/t8-/m1/s1. The van der Waals surface area contributed by atoms with E-state index in [9.17, 15) is 0 Å². The zero-order chi connectivity index (χ0) is 7.84. The fraction of sp³-hybridized carbons (Fsp3) is 0.889. The van der Waals surface area contributed by atoms with Crippen LogP contribution in [0.2, 0.25) is 0 Å². The van der Waals surface area contributed by atoms with Gasteiger partial charge in [-0.3, -0.25) is 0 Å². The first-order valence-electron chi connectivity index (χ1n) is 4.48. The van der Waals surface area contributed by atoms with Gasteiger partial charge in [0.2, 0.25) is 0 Å². The molecule has 2 rings (SSSR count). The first-order valence-corrected chi connectivity index (χ1v) is 4.48. The molecule has 1 aliphatic carbocycles. The molecule has 1 fully saturated rings. The fourth-order valence-electron chi connectivity index (χ4n) is 1.30. The summed E-state index contributed by atoms with van der Waals surface area (Å²) in [4.78, 5) is 4.54. The van der Waals surface area contributed by atoms with Gasteiger partial charge in [-0.2, -0.15) is 0 Å². The summed E-state index contributed by atoms with van der Waals surface area (Å²) in [7, 11) is 0. The summed E-state index contributed by atoms with van der Waals surface area (Å²) < 4.78 is 5.50. The maximum absolute atomic E-state index is 5.50. The van der Waals surface area contributed by atoms with Gasteiger partial charge in [0.05, 0.1) is 6.04 Å². The van der Waals surface area contributed by atoms with Crippen LogP contribution in [-0.4, -0.2) is 18.5 Å². The van der Waals surface area contributed by atoms with E-state index in [0.29, 0.717) is 17.9 Å². The van der Waals surface area contributed by atoms with Gasteiger partial charge >= 0.3 is 0 Å². The van der Waals surface area contributed by atoms with Crippen molar-refractivity contribution in [3.05, 3.63) is 0 Å². The van der Waals surface area contributed by atoms with E-state index in [1.807, 2.05) is 0 Å². The molecular weight excluding hydrogens is 138 g/mol. The van der Waals surface area contributed by atoms with Crippen molar-refractivity contribution in [2.75, 3.05) is 6.61 Å². The Labute approximate surface area is 67.7 Å². The third-order valence-corrected chi connectivity index (χ3v) is 2.39. The Hall–Kier alpha value is -0.530. The van der Waals surface area contributed by atoms with Gasteiger partial charge in [0.15, 0.2) is 5.90 Å². The predicted molar refractivity (Wildman–Crippen MR) is 44.7 cm³/mol. The molecule has 0 aromatic carbocycles. The summed E-state index contributed by atoms with van der Waals surface area (Å²) in [5, 5.41) is 0. The lowest BCUT2D eigenvalue weighted by atomic mass is 10.1. The molecule has 0 bridgehead atoms.